The van der Waals surface area contributed by atoms with Crippen molar-refractivity contribution in [3.8, 4) is 0 Å². The van der Waals surface area contributed by atoms with Gasteiger partial charge in [-0.25, -0.2) is 0 Å². The minimum absolute atomic E-state index is 0.570. The van der Waals surface area contributed by atoms with Gasteiger partial charge in [0.05, 0.1) is 5.69 Å². The highest BCUT2D eigenvalue weighted by Gasteiger charge is 2.23. The van der Waals surface area contributed by atoms with Gasteiger partial charge in [-0.1, -0.05) is 6.92 Å². The molecule has 1 saturated heterocycles. The zero-order valence-electron chi connectivity index (χ0n) is 10.8. The van der Waals surface area contributed by atoms with Gasteiger partial charge in [0.15, 0.2) is 5.82 Å². The Balaban J connectivity index is 2.07. The van der Waals surface area contributed by atoms with E-state index in [0.29, 0.717) is 6.04 Å². The number of rotatable bonds is 4. The van der Waals surface area contributed by atoms with Gasteiger partial charge in [0, 0.05) is 19.1 Å². The van der Waals surface area contributed by atoms with Gasteiger partial charge in [0.25, 0.3) is 0 Å². The van der Waals surface area contributed by atoms with E-state index in [9.17, 15) is 0 Å². The SMILES string of the molecule is CCNCC1CCCCN1c1ccc(C)nn1. The molecule has 1 aliphatic heterocycles. The predicted octanol–water partition coefficient (Wildman–Crippen LogP) is 1.75. The second-order valence-corrected chi connectivity index (χ2v) is 4.68. The fourth-order valence-corrected chi connectivity index (χ4v) is 2.37. The van der Waals surface area contributed by atoms with Crippen molar-refractivity contribution in [2.75, 3.05) is 24.5 Å². The molecule has 2 heterocycles. The van der Waals surface area contributed by atoms with Crippen LogP contribution in [0.3, 0.4) is 0 Å². The molecule has 94 valence electrons. The Morgan fingerprint density at radius 2 is 2.24 bits per heavy atom. The van der Waals surface area contributed by atoms with Gasteiger partial charge < -0.3 is 10.2 Å². The monoisotopic (exact) mass is 234 g/mol. The van der Waals surface area contributed by atoms with Crippen molar-refractivity contribution in [3.63, 3.8) is 0 Å². The van der Waals surface area contributed by atoms with Crippen LogP contribution in [0.5, 0.6) is 0 Å². The Morgan fingerprint density at radius 3 is 2.94 bits per heavy atom. The maximum absolute atomic E-state index is 4.31. The number of nitrogens with zero attached hydrogens (tertiary/aromatic N) is 3. The van der Waals surface area contributed by atoms with E-state index < -0.39 is 0 Å². The molecule has 1 atom stereocenters. The van der Waals surface area contributed by atoms with Gasteiger partial charge >= 0.3 is 0 Å². The normalized spacial score (nSPS) is 20.6. The average molecular weight is 234 g/mol. The van der Waals surface area contributed by atoms with E-state index in [-0.39, 0.29) is 0 Å². The molecule has 2 rings (SSSR count). The highest BCUT2D eigenvalue weighted by molar-refractivity contribution is 5.39. The molecule has 0 bridgehead atoms. The van der Waals surface area contributed by atoms with Gasteiger partial charge in [-0.2, -0.15) is 5.10 Å². The van der Waals surface area contributed by atoms with E-state index in [4.69, 9.17) is 0 Å². The number of piperidine rings is 1. The van der Waals surface area contributed by atoms with Gasteiger partial charge in [-0.3, -0.25) is 0 Å². The summed E-state index contributed by atoms with van der Waals surface area (Å²) in [6, 6.07) is 4.70. The summed E-state index contributed by atoms with van der Waals surface area (Å²) in [5, 5.41) is 11.9. The fourth-order valence-electron chi connectivity index (χ4n) is 2.37. The first kappa shape index (κ1) is 12.3. The molecule has 4 heteroatoms. The Kier molecular flexibility index (Phi) is 4.31. The third-order valence-electron chi connectivity index (χ3n) is 3.34. The molecule has 17 heavy (non-hydrogen) atoms. The number of aryl methyl sites for hydroxylation is 1. The van der Waals surface area contributed by atoms with Crippen molar-refractivity contribution in [3.05, 3.63) is 17.8 Å². The summed E-state index contributed by atoms with van der Waals surface area (Å²) in [5.74, 6) is 1.03. The molecule has 0 saturated carbocycles. The van der Waals surface area contributed by atoms with Crippen molar-refractivity contribution in [1.29, 1.82) is 0 Å². The molecule has 0 amide bonds. The summed E-state index contributed by atoms with van der Waals surface area (Å²) in [6.45, 7) is 7.31. The molecule has 0 radical (unpaired) electrons. The van der Waals surface area contributed by atoms with E-state index >= 15 is 0 Å². The molecule has 1 fully saturated rings. The van der Waals surface area contributed by atoms with Gasteiger partial charge in [-0.15, -0.1) is 5.10 Å². The van der Waals surface area contributed by atoms with Crippen LogP contribution in [0.25, 0.3) is 0 Å². The van der Waals surface area contributed by atoms with Crippen LogP contribution in [-0.2, 0) is 0 Å². The second kappa shape index (κ2) is 5.96. The Hall–Kier alpha value is -1.16. The number of hydrogen-bond donors (Lipinski definition) is 1. The third kappa shape index (κ3) is 3.16. The summed E-state index contributed by atoms with van der Waals surface area (Å²) in [4.78, 5) is 2.40. The Bertz CT molecular complexity index is 336. The first-order valence-electron chi connectivity index (χ1n) is 6.59. The number of anilines is 1. The summed E-state index contributed by atoms with van der Waals surface area (Å²) in [7, 11) is 0. The van der Waals surface area contributed by atoms with Crippen molar-refractivity contribution >= 4 is 5.82 Å². The van der Waals surface area contributed by atoms with Crippen molar-refractivity contribution in [2.45, 2.75) is 39.2 Å². The zero-order valence-corrected chi connectivity index (χ0v) is 10.8. The van der Waals surface area contributed by atoms with Gasteiger partial charge in [-0.05, 0) is 44.9 Å². The highest BCUT2D eigenvalue weighted by Crippen LogP contribution is 2.22. The van der Waals surface area contributed by atoms with E-state index in [1.807, 2.05) is 13.0 Å². The molecule has 1 aromatic rings. The molecular weight excluding hydrogens is 212 g/mol. The van der Waals surface area contributed by atoms with Crippen LogP contribution in [0, 0.1) is 6.92 Å². The number of aromatic nitrogens is 2. The Labute approximate surface area is 103 Å². The van der Waals surface area contributed by atoms with Gasteiger partial charge in [0.2, 0.25) is 0 Å². The Morgan fingerprint density at radius 1 is 1.35 bits per heavy atom. The largest absolute Gasteiger partial charge is 0.351 e. The number of hydrogen-bond acceptors (Lipinski definition) is 4. The molecule has 0 spiro atoms. The lowest BCUT2D eigenvalue weighted by Crippen LogP contribution is -2.46. The maximum atomic E-state index is 4.31. The summed E-state index contributed by atoms with van der Waals surface area (Å²) < 4.78 is 0. The van der Waals surface area contributed by atoms with Crippen molar-refractivity contribution in [1.82, 2.24) is 15.5 Å². The maximum Gasteiger partial charge on any atom is 0.151 e. The van der Waals surface area contributed by atoms with Crippen LogP contribution >= 0.6 is 0 Å². The standard InChI is InChI=1S/C13H22N4/c1-3-14-10-12-6-4-5-9-17(12)13-8-7-11(2)15-16-13/h7-8,12,14H,3-6,9-10H2,1-2H3. The smallest absolute Gasteiger partial charge is 0.151 e. The van der Waals surface area contributed by atoms with Crippen LogP contribution in [0.15, 0.2) is 12.1 Å². The summed E-state index contributed by atoms with van der Waals surface area (Å²) in [5.41, 5.74) is 0.981. The predicted molar refractivity (Wildman–Crippen MR) is 70.3 cm³/mol. The molecule has 0 aliphatic carbocycles. The quantitative estimate of drug-likeness (QED) is 0.862. The molecule has 0 aromatic carbocycles. The van der Waals surface area contributed by atoms with Crippen LogP contribution < -0.4 is 10.2 Å². The number of nitrogens with one attached hydrogen (secondary N) is 1. The molecule has 4 nitrogen and oxygen atoms in total. The van der Waals surface area contributed by atoms with Crippen LogP contribution in [-0.4, -0.2) is 35.9 Å². The van der Waals surface area contributed by atoms with Crippen LogP contribution in [0.1, 0.15) is 31.9 Å². The molecule has 1 aliphatic rings. The minimum atomic E-state index is 0.570. The lowest BCUT2D eigenvalue weighted by atomic mass is 10.0. The molecule has 1 aromatic heterocycles. The second-order valence-electron chi connectivity index (χ2n) is 4.68. The topological polar surface area (TPSA) is 41.0 Å². The highest BCUT2D eigenvalue weighted by atomic mass is 15.3. The first-order valence-corrected chi connectivity index (χ1v) is 6.59. The fraction of sp³-hybridized carbons (Fsp3) is 0.692. The molecule has 1 N–H and O–H groups in total. The van der Waals surface area contributed by atoms with Crippen molar-refractivity contribution in [2.24, 2.45) is 0 Å². The van der Waals surface area contributed by atoms with Crippen LogP contribution in [0.4, 0.5) is 5.82 Å². The van der Waals surface area contributed by atoms with E-state index in [2.05, 4.69) is 33.4 Å². The molecule has 1 unspecified atom stereocenters. The first-order chi connectivity index (χ1) is 8.31. The number of likely N-dealkylation sites (N-methyl/N-ethyl adjacent to an activating group) is 1. The van der Waals surface area contributed by atoms with Crippen molar-refractivity contribution < 1.29 is 0 Å². The van der Waals surface area contributed by atoms with Gasteiger partial charge in [0.1, 0.15) is 0 Å². The zero-order chi connectivity index (χ0) is 12.1. The minimum Gasteiger partial charge on any atom is -0.351 e. The van der Waals surface area contributed by atoms with E-state index in [1.54, 1.807) is 0 Å². The molecular formula is C13H22N4. The lowest BCUT2D eigenvalue weighted by molar-refractivity contribution is 0.435. The third-order valence-corrected chi connectivity index (χ3v) is 3.34. The lowest BCUT2D eigenvalue weighted by Gasteiger charge is -2.36. The average Bonchev–Trinajstić information content (AvgIpc) is 2.38. The van der Waals surface area contributed by atoms with Crippen LogP contribution in [0.2, 0.25) is 0 Å². The summed E-state index contributed by atoms with van der Waals surface area (Å²) >= 11 is 0. The van der Waals surface area contributed by atoms with E-state index in [1.165, 1.54) is 19.3 Å². The summed E-state index contributed by atoms with van der Waals surface area (Å²) in [6.07, 6.45) is 3.84. The van der Waals surface area contributed by atoms with E-state index in [0.717, 1.165) is 31.1 Å².